The van der Waals surface area contributed by atoms with Crippen molar-refractivity contribution in [1.29, 1.82) is 0 Å². The van der Waals surface area contributed by atoms with Crippen LogP contribution in [0.4, 0.5) is 34.8 Å². The van der Waals surface area contributed by atoms with E-state index in [1.807, 2.05) is 0 Å². The van der Waals surface area contributed by atoms with E-state index in [1.165, 1.54) is 18.6 Å². The molecule has 0 saturated carbocycles. The second kappa shape index (κ2) is 8.42. The Bertz CT molecular complexity index is 1180. The molecule has 1 heterocycles. The van der Waals surface area contributed by atoms with Crippen molar-refractivity contribution in [2.45, 2.75) is 26.1 Å². The summed E-state index contributed by atoms with van der Waals surface area (Å²) in [5, 5.41) is 3.49. The van der Waals surface area contributed by atoms with Crippen molar-refractivity contribution in [3.05, 3.63) is 48.0 Å². The number of nitrogens with zero attached hydrogens (tertiary/aromatic N) is 3. The molecule has 0 aliphatic carbocycles. The number of halogens is 4. The Kier molecular flexibility index (Phi) is 6.11. The van der Waals surface area contributed by atoms with Gasteiger partial charge in [-0.05, 0) is 43.7 Å². The molecular formula is C19H18F4N4O2S. The quantitative estimate of drug-likeness (QED) is 0.426. The number of alkyl halides is 3. The summed E-state index contributed by atoms with van der Waals surface area (Å²) < 4.78 is 72.7. The van der Waals surface area contributed by atoms with Crippen LogP contribution in [-0.4, -0.2) is 32.7 Å². The molecule has 1 aromatic heterocycles. The van der Waals surface area contributed by atoms with E-state index in [4.69, 9.17) is 4.74 Å². The van der Waals surface area contributed by atoms with Gasteiger partial charge in [-0.1, -0.05) is 0 Å². The Morgan fingerprint density at radius 1 is 1.20 bits per heavy atom. The van der Waals surface area contributed by atoms with E-state index < -0.39 is 28.7 Å². The topological polar surface area (TPSA) is 76.5 Å². The number of anilines is 2. The van der Waals surface area contributed by atoms with Gasteiger partial charge in [0.2, 0.25) is 0 Å². The minimum absolute atomic E-state index is 0.109. The van der Waals surface area contributed by atoms with Gasteiger partial charge < -0.3 is 10.1 Å². The number of ether oxygens (including phenoxy) is 1. The van der Waals surface area contributed by atoms with Crippen LogP contribution in [0.5, 0.6) is 5.75 Å². The number of fused-ring (bicyclic) bond motifs is 1. The van der Waals surface area contributed by atoms with Gasteiger partial charge in [0, 0.05) is 28.3 Å². The molecule has 2 aromatic carbocycles. The lowest BCUT2D eigenvalue weighted by Gasteiger charge is -2.20. The number of hydrogen-bond acceptors (Lipinski definition) is 6. The van der Waals surface area contributed by atoms with Crippen LogP contribution in [0.1, 0.15) is 12.5 Å². The first-order valence-electron chi connectivity index (χ1n) is 8.72. The fourth-order valence-electron chi connectivity index (χ4n) is 2.77. The lowest BCUT2D eigenvalue weighted by atomic mass is 10.1. The minimum atomic E-state index is -4.61. The predicted molar refractivity (Wildman–Crippen MR) is 108 cm³/mol. The van der Waals surface area contributed by atoms with Crippen molar-refractivity contribution in [3.8, 4) is 5.75 Å². The van der Waals surface area contributed by atoms with Crippen LogP contribution in [0, 0.1) is 12.7 Å². The lowest BCUT2D eigenvalue weighted by Crippen LogP contribution is -2.31. The maximum Gasteiger partial charge on any atom is 0.425 e. The van der Waals surface area contributed by atoms with Crippen molar-refractivity contribution < 1.29 is 26.5 Å². The van der Waals surface area contributed by atoms with Crippen molar-refractivity contribution in [2.24, 2.45) is 4.36 Å². The van der Waals surface area contributed by atoms with Crippen LogP contribution < -0.4 is 10.1 Å². The number of nitrogens with one attached hydrogen (secondary N) is 1. The number of hydrogen-bond donors (Lipinski definition) is 2. The van der Waals surface area contributed by atoms with Gasteiger partial charge >= 0.3 is 6.18 Å². The summed E-state index contributed by atoms with van der Waals surface area (Å²) in [5.41, 5.74) is 1.80. The zero-order chi connectivity index (χ0) is 22.1. The highest BCUT2D eigenvalue weighted by atomic mass is 32.2. The molecule has 0 fully saturated rings. The average molecular weight is 442 g/mol. The van der Waals surface area contributed by atoms with Crippen molar-refractivity contribution >= 4 is 38.7 Å². The second-order valence-electron chi connectivity index (χ2n) is 6.51. The van der Waals surface area contributed by atoms with E-state index in [1.54, 1.807) is 19.1 Å². The number of aryl methyl sites for hydroxylation is 1. The standard InChI is InChI=1S/C19H18F4N4O2S/c1-10-6-13(27-30(3)28)8-15-17(10)18(25-9-24-15)26-14-5-4-12(20)7-16(14)29-11(2)19(21,22)23/h4-9,11,30H,1-3H3,(H,24,25,26)/t11-/m0/s1. The van der Waals surface area contributed by atoms with Gasteiger partial charge in [0.15, 0.2) is 6.10 Å². The normalized spacial score (nSPS) is 14.0. The van der Waals surface area contributed by atoms with E-state index >= 15 is 0 Å². The Labute approximate surface area is 171 Å². The van der Waals surface area contributed by atoms with Gasteiger partial charge in [0.1, 0.15) is 23.7 Å². The highest BCUT2D eigenvalue weighted by molar-refractivity contribution is 7.74. The van der Waals surface area contributed by atoms with Gasteiger partial charge in [0.25, 0.3) is 0 Å². The molecule has 0 aliphatic heterocycles. The third-order valence-electron chi connectivity index (χ3n) is 4.14. The third kappa shape index (κ3) is 4.96. The predicted octanol–water partition coefficient (Wildman–Crippen LogP) is 5.08. The largest absolute Gasteiger partial charge is 0.479 e. The summed E-state index contributed by atoms with van der Waals surface area (Å²) in [6.07, 6.45) is -4.01. The van der Waals surface area contributed by atoms with Gasteiger partial charge in [-0.3, -0.25) is 4.21 Å². The average Bonchev–Trinajstić information content (AvgIpc) is 2.62. The highest BCUT2D eigenvalue weighted by Gasteiger charge is 2.38. The van der Waals surface area contributed by atoms with Crippen molar-refractivity contribution in [3.63, 3.8) is 0 Å². The fourth-order valence-corrected chi connectivity index (χ4v) is 3.21. The first-order valence-corrected chi connectivity index (χ1v) is 10.4. The Balaban J connectivity index is 2.05. The Hall–Kier alpha value is -2.95. The van der Waals surface area contributed by atoms with Gasteiger partial charge in [0.05, 0.1) is 16.9 Å². The molecule has 0 amide bonds. The zero-order valence-electron chi connectivity index (χ0n) is 16.2. The molecule has 11 heteroatoms. The monoisotopic (exact) mass is 442 g/mol. The van der Waals surface area contributed by atoms with Gasteiger partial charge in [-0.15, -0.1) is 0 Å². The fraction of sp³-hybridized carbons (Fsp3) is 0.263. The SMILES string of the molecule is Cc1cc(/N=[SH](\C)=O)cc2ncnc(Nc3ccc(F)cc3O[C@@H](C)C(F)(F)F)c12. The summed E-state index contributed by atoms with van der Waals surface area (Å²) in [4.78, 5) is 8.35. The smallest absolute Gasteiger partial charge is 0.425 e. The van der Waals surface area contributed by atoms with E-state index in [2.05, 4.69) is 19.6 Å². The van der Waals surface area contributed by atoms with E-state index in [9.17, 15) is 21.8 Å². The molecule has 0 spiro atoms. The molecule has 2 atom stereocenters. The first-order chi connectivity index (χ1) is 14.0. The first kappa shape index (κ1) is 21.8. The van der Waals surface area contributed by atoms with E-state index in [-0.39, 0.29) is 11.4 Å². The Morgan fingerprint density at radius 3 is 2.60 bits per heavy atom. The summed E-state index contributed by atoms with van der Waals surface area (Å²) in [5.74, 6) is -0.756. The number of benzene rings is 2. The number of rotatable bonds is 5. The summed E-state index contributed by atoms with van der Waals surface area (Å²) in [6, 6.07) is 6.55. The molecule has 1 N–H and O–H groups in total. The molecule has 0 aliphatic rings. The molecule has 0 saturated heterocycles. The van der Waals surface area contributed by atoms with Crippen LogP contribution in [0.25, 0.3) is 10.9 Å². The lowest BCUT2D eigenvalue weighted by molar-refractivity contribution is -0.189. The van der Waals surface area contributed by atoms with Crippen LogP contribution >= 0.6 is 0 Å². The summed E-state index contributed by atoms with van der Waals surface area (Å²) >= 11 is 0. The second-order valence-corrected chi connectivity index (χ2v) is 7.64. The van der Waals surface area contributed by atoms with E-state index in [0.717, 1.165) is 19.1 Å². The highest BCUT2D eigenvalue weighted by Crippen LogP contribution is 2.35. The molecule has 3 rings (SSSR count). The number of aromatic nitrogens is 2. The zero-order valence-corrected chi connectivity index (χ0v) is 17.1. The van der Waals surface area contributed by atoms with Crippen LogP contribution in [0.3, 0.4) is 0 Å². The van der Waals surface area contributed by atoms with Gasteiger partial charge in [-0.2, -0.15) is 13.2 Å². The maximum atomic E-state index is 13.6. The molecule has 3 aromatic rings. The minimum Gasteiger partial charge on any atom is -0.479 e. The third-order valence-corrected chi connectivity index (χ3v) is 4.65. The van der Waals surface area contributed by atoms with Gasteiger partial charge in [-0.25, -0.2) is 18.7 Å². The van der Waals surface area contributed by atoms with Crippen LogP contribution in [-0.2, 0) is 10.6 Å². The van der Waals surface area contributed by atoms with Crippen LogP contribution in [0.2, 0.25) is 0 Å². The van der Waals surface area contributed by atoms with E-state index in [0.29, 0.717) is 28.0 Å². The van der Waals surface area contributed by atoms with Crippen molar-refractivity contribution in [2.75, 3.05) is 11.6 Å². The summed E-state index contributed by atoms with van der Waals surface area (Å²) in [6.45, 7) is 2.61. The maximum absolute atomic E-state index is 13.6. The van der Waals surface area contributed by atoms with Crippen molar-refractivity contribution in [1.82, 2.24) is 9.97 Å². The summed E-state index contributed by atoms with van der Waals surface area (Å²) in [7, 11) is -1.75. The molecule has 0 radical (unpaired) electrons. The molecule has 6 nitrogen and oxygen atoms in total. The molecule has 30 heavy (non-hydrogen) atoms. The molecular weight excluding hydrogens is 424 g/mol. The molecule has 160 valence electrons. The Morgan fingerprint density at radius 2 is 1.93 bits per heavy atom. The molecule has 1 unspecified atom stereocenters. The molecule has 0 bridgehead atoms. The van der Waals surface area contributed by atoms with Crippen LogP contribution in [0.15, 0.2) is 41.0 Å². The number of thiol groups is 1.